The number of hydrogen-bond acceptors (Lipinski definition) is 10. The number of para-hydroxylation sites is 5. The first-order valence-corrected chi connectivity index (χ1v) is 49.1. The van der Waals surface area contributed by atoms with E-state index in [1.54, 1.807) is 18.6 Å². The van der Waals surface area contributed by atoms with E-state index in [-0.39, 0.29) is 63.2 Å². The smallest absolute Gasteiger partial charge is 0.137 e. The van der Waals surface area contributed by atoms with Crippen molar-refractivity contribution in [2.24, 2.45) is 0 Å². The van der Waals surface area contributed by atoms with E-state index in [1.165, 1.54) is 46.1 Å². The third-order valence-corrected chi connectivity index (χ3v) is 35.0. The summed E-state index contributed by atoms with van der Waals surface area (Å²) in [6.45, 7) is 0. The molecule has 666 valence electrons. The van der Waals surface area contributed by atoms with Crippen LogP contribution in [0.2, 0.25) is 0 Å². The van der Waals surface area contributed by atoms with Gasteiger partial charge in [-0.25, -0.2) is 19.9 Å². The first-order valence-electron chi connectivity index (χ1n) is 44.7. The Kier molecular flexibility index (Phi) is 22.8. The fraction of sp³-hybridized carbons (Fsp3) is 0. The minimum absolute atomic E-state index is 0. The molecule has 0 fully saturated rings. The van der Waals surface area contributed by atoms with Gasteiger partial charge in [-0.05, 0) is 125 Å². The number of benzene rings is 14. The SMILES string of the molecule is [Pt+2].[Pt+2].[Pt+2].[c-]1c(Oc2[c-]c3c(cc2)c2ccccc2n3-c2ccccn2)cccc1-n1cc(-c2ccc(-n3c4ccccc4c4ccccc43)cc2)cn1.[c-]1c(Oc2[c-]c3c(cc2)c2ccccc2n3-c2ccccn2)cccc1-n1nc[c]2c1C=[CH][Ge]21[c]2ccccc2-c2cccc[c]21.[c-]1c(Oc2[c-]c3c(cc2)c2ccccc2n3-c2ccccn2)cccc1-n1ncc2c1ccn2-c1ccccn1. The second kappa shape index (κ2) is 36.5. The minimum Gasteiger partial charge on any atom is -0.509 e. The van der Waals surface area contributed by atoms with Gasteiger partial charge in [0.25, 0.3) is 0 Å². The molecular formula is C117H71GeN15O3Pt3. The molecule has 14 heterocycles. The predicted molar refractivity (Wildman–Crippen MR) is 540 cm³/mol. The summed E-state index contributed by atoms with van der Waals surface area (Å²) in [5.41, 5.74) is 19.7. The van der Waals surface area contributed by atoms with Gasteiger partial charge in [0.2, 0.25) is 0 Å². The molecule has 0 atom stereocenters. The van der Waals surface area contributed by atoms with Crippen molar-refractivity contribution >= 4 is 131 Å². The van der Waals surface area contributed by atoms with Crippen molar-refractivity contribution in [2.75, 3.05) is 0 Å². The number of hydrogen-bond donors (Lipinski definition) is 0. The summed E-state index contributed by atoms with van der Waals surface area (Å²) in [5.74, 6) is 6.88. The second-order valence-corrected chi connectivity index (χ2v) is 40.7. The number of rotatable bonds is 15. The summed E-state index contributed by atoms with van der Waals surface area (Å²) in [5, 5.41) is 23.5. The Bertz CT molecular complexity index is 9110. The molecule has 139 heavy (non-hydrogen) atoms. The molecule has 22 heteroatoms. The summed E-state index contributed by atoms with van der Waals surface area (Å²) in [7, 11) is 0. The van der Waals surface area contributed by atoms with E-state index in [2.05, 4.69) is 296 Å². The van der Waals surface area contributed by atoms with Gasteiger partial charge in [-0.3, -0.25) is 13.9 Å². The third kappa shape index (κ3) is 15.1. The minimum atomic E-state index is -3.00. The number of nitrogens with zero attached hydrogens (tertiary/aromatic N) is 15. The average Bonchev–Trinajstić information content (AvgIpc) is 1.52. The normalized spacial score (nSPS) is 12.0. The van der Waals surface area contributed by atoms with Crippen molar-refractivity contribution in [3.63, 3.8) is 0 Å². The molecule has 0 radical (unpaired) electrons. The Morgan fingerprint density at radius 2 is 0.647 bits per heavy atom. The summed E-state index contributed by atoms with van der Waals surface area (Å²) < 4.78 is 39.8. The maximum Gasteiger partial charge on any atom is 0.137 e. The van der Waals surface area contributed by atoms with Crippen LogP contribution in [0.4, 0.5) is 0 Å². The molecule has 0 aliphatic carbocycles. The van der Waals surface area contributed by atoms with E-state index in [0.29, 0.717) is 34.5 Å². The first kappa shape index (κ1) is 86.9. The number of ether oxygens (including phenoxy) is 3. The van der Waals surface area contributed by atoms with Gasteiger partial charge in [0.1, 0.15) is 17.5 Å². The van der Waals surface area contributed by atoms with Crippen molar-refractivity contribution in [3.8, 4) is 103 Å². The zero-order chi connectivity index (χ0) is 89.7. The number of pyridine rings is 4. The molecule has 0 N–H and O–H groups in total. The molecule has 26 aromatic rings. The van der Waals surface area contributed by atoms with Gasteiger partial charge in [0.05, 0.1) is 34.5 Å². The Labute approximate surface area is 842 Å². The van der Waals surface area contributed by atoms with Crippen LogP contribution in [0.15, 0.2) is 425 Å². The van der Waals surface area contributed by atoms with E-state index in [0.717, 1.165) is 139 Å². The van der Waals surface area contributed by atoms with Crippen LogP contribution in [-0.4, -0.2) is 85.4 Å². The largest absolute Gasteiger partial charge is 0.509 e. The first-order chi connectivity index (χ1) is 67.4. The maximum absolute atomic E-state index is 6.43. The molecule has 28 rings (SSSR count). The molecule has 0 unspecified atom stereocenters. The summed E-state index contributed by atoms with van der Waals surface area (Å²) in [6.07, 6.45) is 19.3. The molecule has 0 saturated heterocycles. The molecule has 0 amide bonds. The monoisotopic (exact) mass is 2390 g/mol. The number of aromatic nitrogens is 15. The fourth-order valence-electron chi connectivity index (χ4n) is 19.7. The second-order valence-electron chi connectivity index (χ2n) is 33.3. The molecule has 18 nitrogen and oxygen atoms in total. The summed E-state index contributed by atoms with van der Waals surface area (Å²) in [4.78, 5) is 20.8. The van der Waals surface area contributed by atoms with Crippen LogP contribution in [0.25, 0.3) is 173 Å². The van der Waals surface area contributed by atoms with Crippen molar-refractivity contribution in [3.05, 3.63) is 467 Å². The van der Waals surface area contributed by atoms with Crippen LogP contribution in [0.5, 0.6) is 34.5 Å². The Morgan fingerprint density at radius 3 is 1.11 bits per heavy atom. The Morgan fingerprint density at radius 1 is 0.259 bits per heavy atom. The van der Waals surface area contributed by atoms with Gasteiger partial charge >= 0.3 is 279 Å². The van der Waals surface area contributed by atoms with Crippen LogP contribution in [-0.2, 0) is 63.2 Å². The van der Waals surface area contributed by atoms with Gasteiger partial charge in [-0.2, -0.15) is 34.5 Å². The van der Waals surface area contributed by atoms with Crippen molar-refractivity contribution in [1.82, 2.24) is 72.1 Å². The molecular weight excluding hydrogens is 2320 g/mol. The van der Waals surface area contributed by atoms with Crippen molar-refractivity contribution in [1.29, 1.82) is 0 Å². The van der Waals surface area contributed by atoms with E-state index in [1.807, 2.05) is 219 Å². The van der Waals surface area contributed by atoms with Crippen LogP contribution in [0.3, 0.4) is 0 Å². The third-order valence-electron chi connectivity index (χ3n) is 25.6. The molecule has 2 aliphatic heterocycles. The molecule has 14 aromatic carbocycles. The average molecular weight is 2390 g/mol. The van der Waals surface area contributed by atoms with Crippen LogP contribution in [0.1, 0.15) is 5.69 Å². The van der Waals surface area contributed by atoms with E-state index < -0.39 is 13.3 Å². The van der Waals surface area contributed by atoms with Gasteiger partial charge in [0.15, 0.2) is 0 Å². The molecule has 0 bridgehead atoms. The molecule has 2 aliphatic rings. The predicted octanol–water partition coefficient (Wildman–Crippen LogP) is 24.4. The van der Waals surface area contributed by atoms with Gasteiger partial charge < -0.3 is 23.2 Å². The molecule has 12 aromatic heterocycles. The maximum atomic E-state index is 6.43. The Hall–Kier alpha value is -16.2. The summed E-state index contributed by atoms with van der Waals surface area (Å²) in [6, 6.07) is 145. The van der Waals surface area contributed by atoms with Crippen molar-refractivity contribution < 1.29 is 77.4 Å². The van der Waals surface area contributed by atoms with Crippen molar-refractivity contribution in [2.45, 2.75) is 0 Å². The molecule has 0 saturated carbocycles. The summed E-state index contributed by atoms with van der Waals surface area (Å²) >= 11 is -3.00. The van der Waals surface area contributed by atoms with Gasteiger partial charge in [-0.15, -0.1) is 71.4 Å². The fourth-order valence-corrected chi connectivity index (χ4v) is 29.5. The van der Waals surface area contributed by atoms with Crippen LogP contribution in [0, 0.1) is 36.4 Å². The van der Waals surface area contributed by atoms with E-state index in [9.17, 15) is 0 Å². The quantitative estimate of drug-likeness (QED) is 0.0715. The Balaban J connectivity index is 0.000000116. The molecule has 1 spiro atoms. The topological polar surface area (TPSA) is 157 Å². The van der Waals surface area contributed by atoms with Gasteiger partial charge in [0, 0.05) is 93.2 Å². The standard InChI is InChI=1S/C44H27N5O.C40H24GeN4O.C33H20N6O.3Pt/c1-4-15-40-36(12-1)37-13-2-5-16-41(37)48(40)32-21-19-30(20-22-32)31-28-46-47(29-31)33-10-9-11-34(26-33)50-35-23-24-39-38-14-3-6-17-42(38)49(43(39)27-35)44-18-7-8-25-45-44;1-4-15-34-30(12-1)31-13-2-5-16-35(31)41(34)22-21-38-36(41)26-43-45(38)27-10-9-11-28(24-27)46-29-19-20-33-32-14-3-6-17-37(32)44(39(33)25-29)40-18-7-8-23-42-40;1-2-11-28-26(10-1)27-15-14-25(21-30(27)38(28)33-13-4-6-18-35-33)40-24-9-7-8-23(20-24)39-29-16-19-37(31(29)22-36-39)32-12-3-5-17-34-32;;;/h1-25,28-29H;1-23,26H;1-19,22H;;;/q3*-2;3*+2. The zero-order valence-electron chi connectivity index (χ0n) is 73.4. The van der Waals surface area contributed by atoms with E-state index in [4.69, 9.17) is 19.3 Å². The van der Waals surface area contributed by atoms with E-state index >= 15 is 0 Å². The zero-order valence-corrected chi connectivity index (χ0v) is 82.3. The number of fused-ring (bicyclic) bond motifs is 20. The van der Waals surface area contributed by atoms with Gasteiger partial charge in [-0.1, -0.05) is 138 Å². The van der Waals surface area contributed by atoms with Crippen LogP contribution >= 0.6 is 0 Å². The van der Waals surface area contributed by atoms with Crippen LogP contribution < -0.4 is 27.4 Å².